The average Bonchev–Trinajstić information content (AvgIpc) is 3.11. The lowest BCUT2D eigenvalue weighted by Crippen LogP contribution is -2.18. The van der Waals surface area contributed by atoms with Gasteiger partial charge in [-0.25, -0.2) is 14.8 Å². The number of pyridine rings is 1. The van der Waals surface area contributed by atoms with Crippen LogP contribution in [0.1, 0.15) is 24.6 Å². The second kappa shape index (κ2) is 9.44. The van der Waals surface area contributed by atoms with Gasteiger partial charge in [0.25, 0.3) is 0 Å². The van der Waals surface area contributed by atoms with Crippen molar-refractivity contribution >= 4 is 34.4 Å². The summed E-state index contributed by atoms with van der Waals surface area (Å²) >= 11 is 1.59. The highest BCUT2D eigenvalue weighted by Gasteiger charge is 2.19. The smallest absolute Gasteiger partial charge is 0.328 e. The second-order valence-corrected chi connectivity index (χ2v) is 8.52. The summed E-state index contributed by atoms with van der Waals surface area (Å²) < 4.78 is 6.93. The number of anilines is 2. The van der Waals surface area contributed by atoms with Crippen molar-refractivity contribution in [3.05, 3.63) is 64.3 Å². The maximum Gasteiger partial charge on any atom is 0.328 e. The Morgan fingerprint density at radius 2 is 1.97 bits per heavy atom. The first kappa shape index (κ1) is 21.9. The summed E-state index contributed by atoms with van der Waals surface area (Å²) in [6.45, 7) is 4.46. The van der Waals surface area contributed by atoms with Crippen LogP contribution >= 0.6 is 11.8 Å². The van der Waals surface area contributed by atoms with Crippen LogP contribution < -0.4 is 15.3 Å². The molecule has 1 N–H and O–H groups in total. The van der Waals surface area contributed by atoms with Gasteiger partial charge in [0.1, 0.15) is 11.3 Å². The molecule has 0 atom stereocenters. The monoisotopic (exact) mass is 450 g/mol. The van der Waals surface area contributed by atoms with Crippen molar-refractivity contribution < 1.29 is 4.74 Å². The molecule has 8 nitrogen and oxygen atoms in total. The number of ether oxygens (including phenoxy) is 1. The quantitative estimate of drug-likeness (QED) is 0.319. The van der Waals surface area contributed by atoms with Crippen molar-refractivity contribution in [1.82, 2.24) is 24.5 Å². The summed E-state index contributed by atoms with van der Waals surface area (Å²) in [5.74, 6) is 2.33. The Hall–Kier alpha value is -3.33. The predicted molar refractivity (Wildman–Crippen MR) is 128 cm³/mol. The zero-order valence-corrected chi connectivity index (χ0v) is 19.4. The number of methoxy groups -OCH3 is 1. The molecule has 0 unspecified atom stereocenters. The number of nitrogens with zero attached hydrogens (tertiary/aromatic N) is 5. The Bertz CT molecular complexity index is 1280. The minimum atomic E-state index is -0.217. The number of fused-ring (bicyclic) bond motifs is 1. The van der Waals surface area contributed by atoms with E-state index in [1.54, 1.807) is 29.6 Å². The van der Waals surface area contributed by atoms with E-state index in [1.165, 1.54) is 0 Å². The molecule has 0 aliphatic carbocycles. The number of hydrogen-bond acceptors (Lipinski definition) is 7. The zero-order valence-electron chi connectivity index (χ0n) is 18.6. The molecule has 0 radical (unpaired) electrons. The zero-order chi connectivity index (χ0) is 22.7. The van der Waals surface area contributed by atoms with Crippen molar-refractivity contribution in [2.75, 3.05) is 24.8 Å². The summed E-state index contributed by atoms with van der Waals surface area (Å²) in [7, 11) is 3.57. The van der Waals surface area contributed by atoms with Gasteiger partial charge in [0.2, 0.25) is 0 Å². The normalized spacial score (nSPS) is 11.1. The minimum absolute atomic E-state index is 0.217. The van der Waals surface area contributed by atoms with Crippen LogP contribution in [0.2, 0.25) is 0 Å². The fourth-order valence-electron chi connectivity index (χ4n) is 3.46. The molecule has 0 saturated heterocycles. The number of aromatic nitrogens is 5. The summed E-state index contributed by atoms with van der Waals surface area (Å²) in [6.07, 6.45) is 2.76. The number of H-pyrrole nitrogens is 1. The van der Waals surface area contributed by atoms with Gasteiger partial charge in [0, 0.05) is 30.4 Å². The van der Waals surface area contributed by atoms with Gasteiger partial charge in [0.05, 0.1) is 13.7 Å². The highest BCUT2D eigenvalue weighted by Crippen LogP contribution is 2.30. The molecule has 0 aliphatic rings. The lowest BCUT2D eigenvalue weighted by molar-refractivity contribution is 0.415. The summed E-state index contributed by atoms with van der Waals surface area (Å²) in [4.78, 5) is 31.6. The predicted octanol–water partition coefficient (Wildman–Crippen LogP) is 4.15. The summed E-state index contributed by atoms with van der Waals surface area (Å²) in [5.41, 5.74) is 3.81. The topological polar surface area (TPSA) is 88.9 Å². The Labute approximate surface area is 190 Å². The summed E-state index contributed by atoms with van der Waals surface area (Å²) in [6, 6.07) is 11.6. The largest absolute Gasteiger partial charge is 0.497 e. The van der Waals surface area contributed by atoms with E-state index in [0.717, 1.165) is 34.9 Å². The molecule has 32 heavy (non-hydrogen) atoms. The van der Waals surface area contributed by atoms with E-state index >= 15 is 0 Å². The Kier molecular flexibility index (Phi) is 6.45. The van der Waals surface area contributed by atoms with Crippen molar-refractivity contribution in [2.24, 2.45) is 0 Å². The molecule has 0 fully saturated rings. The van der Waals surface area contributed by atoms with Crippen molar-refractivity contribution in [3.8, 4) is 5.75 Å². The number of imidazole rings is 1. The SMILES string of the molecule is CCCSc1nc(N(C)c2ccc(OC)cc2)c2[nH]c(=O)n(Cc3ccnc(C)c3)c2n1. The number of nitrogens with one attached hydrogen (secondary N) is 1. The number of aryl methyl sites for hydroxylation is 1. The lowest BCUT2D eigenvalue weighted by Gasteiger charge is -2.20. The first-order chi connectivity index (χ1) is 15.5. The van der Waals surface area contributed by atoms with Crippen LogP contribution in [0.5, 0.6) is 5.75 Å². The lowest BCUT2D eigenvalue weighted by atomic mass is 10.2. The van der Waals surface area contributed by atoms with E-state index in [-0.39, 0.29) is 5.69 Å². The fourth-order valence-corrected chi connectivity index (χ4v) is 4.15. The number of hydrogen-bond donors (Lipinski definition) is 1. The number of benzene rings is 1. The molecule has 9 heteroatoms. The van der Waals surface area contributed by atoms with Crippen LogP contribution in [-0.4, -0.2) is 44.4 Å². The highest BCUT2D eigenvalue weighted by molar-refractivity contribution is 7.99. The van der Waals surface area contributed by atoms with Crippen LogP contribution in [0.15, 0.2) is 52.5 Å². The van der Waals surface area contributed by atoms with Crippen molar-refractivity contribution in [1.29, 1.82) is 0 Å². The van der Waals surface area contributed by atoms with Gasteiger partial charge >= 0.3 is 5.69 Å². The van der Waals surface area contributed by atoms with Gasteiger partial charge in [0.15, 0.2) is 16.6 Å². The molecule has 3 heterocycles. The van der Waals surface area contributed by atoms with Gasteiger partial charge in [-0.2, -0.15) is 0 Å². The van der Waals surface area contributed by atoms with Gasteiger partial charge in [-0.05, 0) is 55.3 Å². The van der Waals surface area contributed by atoms with Gasteiger partial charge in [-0.3, -0.25) is 9.55 Å². The molecule has 0 amide bonds. The van der Waals surface area contributed by atoms with Crippen LogP contribution in [0.25, 0.3) is 11.2 Å². The molecule has 4 rings (SSSR count). The van der Waals surface area contributed by atoms with Crippen LogP contribution in [0.4, 0.5) is 11.5 Å². The average molecular weight is 451 g/mol. The third-order valence-electron chi connectivity index (χ3n) is 5.10. The first-order valence-electron chi connectivity index (χ1n) is 10.4. The highest BCUT2D eigenvalue weighted by atomic mass is 32.2. The van der Waals surface area contributed by atoms with Crippen molar-refractivity contribution in [3.63, 3.8) is 0 Å². The van der Waals surface area contributed by atoms with Gasteiger partial charge in [-0.1, -0.05) is 18.7 Å². The minimum Gasteiger partial charge on any atom is -0.497 e. The van der Waals surface area contributed by atoms with Crippen LogP contribution in [0.3, 0.4) is 0 Å². The molecular formula is C23H26N6O2S. The van der Waals surface area contributed by atoms with Crippen molar-refractivity contribution in [2.45, 2.75) is 32.0 Å². The Balaban J connectivity index is 1.83. The standard InChI is InChI=1S/C23H26N6O2S/c1-5-12-32-22-26-20(28(3)17-6-8-18(31-4)9-7-17)19-21(27-22)29(23(30)25-19)14-16-10-11-24-15(2)13-16/h6-11,13H,5,12,14H2,1-4H3,(H,25,30). The maximum atomic E-state index is 12.9. The third-order valence-corrected chi connectivity index (χ3v) is 6.15. The van der Waals surface area contributed by atoms with E-state index in [4.69, 9.17) is 14.7 Å². The molecule has 4 aromatic rings. The third kappa shape index (κ3) is 4.47. The number of thioether (sulfide) groups is 1. The van der Waals surface area contributed by atoms with Gasteiger partial charge < -0.3 is 14.6 Å². The number of aromatic amines is 1. The van der Waals surface area contributed by atoms with Gasteiger partial charge in [-0.15, -0.1) is 0 Å². The van der Waals surface area contributed by atoms with E-state index in [9.17, 15) is 4.79 Å². The molecule has 0 aliphatic heterocycles. The fraction of sp³-hybridized carbons (Fsp3) is 0.304. The molecule has 0 bridgehead atoms. The van der Waals surface area contributed by atoms with E-state index in [1.807, 2.05) is 55.3 Å². The molecule has 0 spiro atoms. The maximum absolute atomic E-state index is 12.9. The second-order valence-electron chi connectivity index (χ2n) is 7.46. The molecule has 1 aromatic carbocycles. The Morgan fingerprint density at radius 1 is 1.19 bits per heavy atom. The number of rotatable bonds is 8. The van der Waals surface area contributed by atoms with E-state index in [0.29, 0.717) is 28.7 Å². The van der Waals surface area contributed by atoms with E-state index in [2.05, 4.69) is 16.9 Å². The van der Waals surface area contributed by atoms with Crippen LogP contribution in [0, 0.1) is 6.92 Å². The molecule has 0 saturated carbocycles. The Morgan fingerprint density at radius 3 is 2.66 bits per heavy atom. The first-order valence-corrected chi connectivity index (χ1v) is 11.4. The molecular weight excluding hydrogens is 424 g/mol. The molecule has 166 valence electrons. The van der Waals surface area contributed by atoms with E-state index < -0.39 is 0 Å². The van der Waals surface area contributed by atoms with Crippen LogP contribution in [-0.2, 0) is 6.54 Å². The molecule has 3 aromatic heterocycles. The summed E-state index contributed by atoms with van der Waals surface area (Å²) in [5, 5.41) is 0.647.